The van der Waals surface area contributed by atoms with Crippen LogP contribution in [0.3, 0.4) is 0 Å². The van der Waals surface area contributed by atoms with Gasteiger partial charge in [-0.2, -0.15) is 13.2 Å². The third-order valence-electron chi connectivity index (χ3n) is 4.43. The Morgan fingerprint density at radius 1 is 1.09 bits per heavy atom. The van der Waals surface area contributed by atoms with Gasteiger partial charge in [-0.25, -0.2) is 4.98 Å². The Labute approximate surface area is 181 Å². The molecule has 1 heterocycles. The van der Waals surface area contributed by atoms with Crippen LogP contribution >= 0.6 is 0 Å². The largest absolute Gasteiger partial charge is 0.497 e. The molecule has 7 nitrogen and oxygen atoms in total. The third-order valence-corrected chi connectivity index (χ3v) is 4.43. The summed E-state index contributed by atoms with van der Waals surface area (Å²) in [4.78, 5) is 28.6. The Morgan fingerprint density at radius 3 is 2.50 bits per heavy atom. The summed E-state index contributed by atoms with van der Waals surface area (Å²) in [6.45, 7) is -0.226. The smallest absolute Gasteiger partial charge is 0.416 e. The second kappa shape index (κ2) is 9.99. The van der Waals surface area contributed by atoms with Crippen LogP contribution in [0.25, 0.3) is 11.3 Å². The molecular weight excluding hydrogens is 427 g/mol. The maximum Gasteiger partial charge on any atom is 0.416 e. The van der Waals surface area contributed by atoms with Crippen molar-refractivity contribution >= 4 is 5.91 Å². The predicted molar refractivity (Wildman–Crippen MR) is 110 cm³/mol. The Morgan fingerprint density at radius 2 is 1.84 bits per heavy atom. The number of alkyl halides is 3. The van der Waals surface area contributed by atoms with Crippen LogP contribution in [-0.2, 0) is 17.5 Å². The van der Waals surface area contributed by atoms with Crippen molar-refractivity contribution in [3.8, 4) is 22.8 Å². The fraction of sp³-hybridized carbons (Fsp3) is 0.227. The van der Waals surface area contributed by atoms with E-state index in [0.717, 1.165) is 22.3 Å². The zero-order chi connectivity index (χ0) is 23.1. The van der Waals surface area contributed by atoms with E-state index < -0.39 is 23.2 Å². The lowest BCUT2D eigenvalue weighted by molar-refractivity contribution is -0.137. The predicted octanol–water partition coefficient (Wildman–Crippen LogP) is 3.13. The van der Waals surface area contributed by atoms with Gasteiger partial charge in [-0.15, -0.1) is 0 Å². The molecule has 0 saturated carbocycles. The van der Waals surface area contributed by atoms with Gasteiger partial charge in [0.05, 0.1) is 31.2 Å². The third kappa shape index (κ3) is 6.10. The van der Waals surface area contributed by atoms with Crippen molar-refractivity contribution in [2.45, 2.75) is 12.7 Å². The minimum Gasteiger partial charge on any atom is -0.497 e. The van der Waals surface area contributed by atoms with E-state index in [1.165, 1.54) is 24.5 Å². The SMILES string of the molecule is COc1ccc(-c2cc(=O)n(CC(=O)NCCOc3cccc(C(F)(F)F)c3)cn2)cc1. The molecule has 168 valence electrons. The van der Waals surface area contributed by atoms with Crippen LogP contribution in [0.2, 0.25) is 0 Å². The molecule has 10 heteroatoms. The van der Waals surface area contributed by atoms with Crippen molar-refractivity contribution in [1.82, 2.24) is 14.9 Å². The fourth-order valence-corrected chi connectivity index (χ4v) is 2.80. The normalized spacial score (nSPS) is 11.1. The maximum atomic E-state index is 12.7. The highest BCUT2D eigenvalue weighted by Crippen LogP contribution is 2.31. The van der Waals surface area contributed by atoms with Crippen LogP contribution in [0.1, 0.15) is 5.56 Å². The molecule has 1 aromatic heterocycles. The van der Waals surface area contributed by atoms with Crippen LogP contribution in [0.15, 0.2) is 65.7 Å². The number of halogens is 3. The molecule has 0 saturated heterocycles. The first-order valence-corrected chi connectivity index (χ1v) is 9.54. The zero-order valence-corrected chi connectivity index (χ0v) is 17.1. The number of methoxy groups -OCH3 is 1. The number of carbonyl (C=O) groups is 1. The fourth-order valence-electron chi connectivity index (χ4n) is 2.80. The first kappa shape index (κ1) is 22.9. The number of hydrogen-bond donors (Lipinski definition) is 1. The van der Waals surface area contributed by atoms with Crippen molar-refractivity contribution < 1.29 is 27.4 Å². The number of amides is 1. The lowest BCUT2D eigenvalue weighted by atomic mass is 10.1. The summed E-state index contributed by atoms with van der Waals surface area (Å²) >= 11 is 0. The van der Waals surface area contributed by atoms with Crippen molar-refractivity contribution in [2.75, 3.05) is 20.3 Å². The molecule has 0 fully saturated rings. The van der Waals surface area contributed by atoms with Gasteiger partial charge in [0.1, 0.15) is 24.7 Å². The standard InChI is InChI=1S/C22H20F3N3O4/c1-31-17-7-5-15(6-8-17)19-12-21(30)28(14-27-19)13-20(29)26-9-10-32-18-4-2-3-16(11-18)22(23,24)25/h2-8,11-12,14H,9-10,13H2,1H3,(H,26,29). The molecule has 3 aromatic rings. The van der Waals surface area contributed by atoms with Gasteiger partial charge in [-0.3, -0.25) is 14.2 Å². The van der Waals surface area contributed by atoms with Crippen LogP contribution in [-0.4, -0.2) is 35.7 Å². The second-order valence-electron chi connectivity index (χ2n) is 6.69. The van der Waals surface area contributed by atoms with Crippen molar-refractivity contribution in [3.63, 3.8) is 0 Å². The van der Waals surface area contributed by atoms with Gasteiger partial charge in [0, 0.05) is 11.6 Å². The second-order valence-corrected chi connectivity index (χ2v) is 6.69. The minimum absolute atomic E-state index is 0.0311. The van der Waals surface area contributed by atoms with Gasteiger partial charge >= 0.3 is 6.18 Å². The average molecular weight is 447 g/mol. The lowest BCUT2D eigenvalue weighted by Gasteiger charge is -2.11. The molecule has 0 aliphatic carbocycles. The Kier molecular flexibility index (Phi) is 7.14. The van der Waals surface area contributed by atoms with Gasteiger partial charge in [0.25, 0.3) is 5.56 Å². The molecule has 2 aromatic carbocycles. The van der Waals surface area contributed by atoms with E-state index in [2.05, 4.69) is 10.3 Å². The zero-order valence-electron chi connectivity index (χ0n) is 17.1. The van der Waals surface area contributed by atoms with Gasteiger partial charge < -0.3 is 14.8 Å². The number of carbonyl (C=O) groups excluding carboxylic acids is 1. The molecule has 0 radical (unpaired) electrons. The van der Waals surface area contributed by atoms with E-state index in [0.29, 0.717) is 11.4 Å². The monoisotopic (exact) mass is 447 g/mol. The average Bonchev–Trinajstić information content (AvgIpc) is 2.78. The van der Waals surface area contributed by atoms with Crippen molar-refractivity contribution in [3.05, 3.63) is 76.8 Å². The van der Waals surface area contributed by atoms with Gasteiger partial charge in [-0.05, 0) is 42.5 Å². The molecule has 32 heavy (non-hydrogen) atoms. The summed E-state index contributed by atoms with van der Waals surface area (Å²) in [6.07, 6.45) is -3.18. The maximum absolute atomic E-state index is 12.7. The molecule has 0 aliphatic heterocycles. The molecule has 1 amide bonds. The quantitative estimate of drug-likeness (QED) is 0.537. The van der Waals surface area contributed by atoms with E-state index in [-0.39, 0.29) is 25.4 Å². The first-order chi connectivity index (χ1) is 15.3. The number of nitrogens with one attached hydrogen (secondary N) is 1. The summed E-state index contributed by atoms with van der Waals surface area (Å²) in [5, 5.41) is 2.54. The topological polar surface area (TPSA) is 82.5 Å². The number of aromatic nitrogens is 2. The van der Waals surface area contributed by atoms with Crippen molar-refractivity contribution in [2.24, 2.45) is 0 Å². The number of hydrogen-bond acceptors (Lipinski definition) is 5. The first-order valence-electron chi connectivity index (χ1n) is 9.54. The molecular formula is C22H20F3N3O4. The summed E-state index contributed by atoms with van der Waals surface area (Å²) in [6, 6.07) is 12.8. The Hall–Kier alpha value is -3.82. The molecule has 0 aliphatic rings. The van der Waals surface area contributed by atoms with Gasteiger partial charge in [-0.1, -0.05) is 6.07 Å². The van der Waals surface area contributed by atoms with Crippen LogP contribution in [0.5, 0.6) is 11.5 Å². The summed E-state index contributed by atoms with van der Waals surface area (Å²) in [5.41, 5.74) is -0.0276. The number of nitrogens with zero attached hydrogens (tertiary/aromatic N) is 2. The van der Waals surface area contributed by atoms with E-state index in [4.69, 9.17) is 9.47 Å². The van der Waals surface area contributed by atoms with Gasteiger partial charge in [0.15, 0.2) is 0 Å². The van der Waals surface area contributed by atoms with Crippen molar-refractivity contribution in [1.29, 1.82) is 0 Å². The molecule has 1 N–H and O–H groups in total. The van der Waals surface area contributed by atoms with E-state index >= 15 is 0 Å². The van der Waals surface area contributed by atoms with Crippen LogP contribution < -0.4 is 20.3 Å². The lowest BCUT2D eigenvalue weighted by Crippen LogP contribution is -2.34. The summed E-state index contributed by atoms with van der Waals surface area (Å²) in [5.74, 6) is 0.262. The molecule has 3 rings (SSSR count). The van der Waals surface area contributed by atoms with Crippen LogP contribution in [0, 0.1) is 0 Å². The van der Waals surface area contributed by atoms with Crippen LogP contribution in [0.4, 0.5) is 13.2 Å². The highest BCUT2D eigenvalue weighted by atomic mass is 19.4. The number of benzene rings is 2. The summed E-state index contributed by atoms with van der Waals surface area (Å²) < 4.78 is 49.6. The van der Waals surface area contributed by atoms with E-state index in [1.54, 1.807) is 31.4 Å². The highest BCUT2D eigenvalue weighted by molar-refractivity contribution is 5.75. The number of ether oxygens (including phenoxy) is 2. The molecule has 0 bridgehead atoms. The minimum atomic E-state index is -4.46. The summed E-state index contributed by atoms with van der Waals surface area (Å²) in [7, 11) is 1.55. The van der Waals surface area contributed by atoms with E-state index in [1.807, 2.05) is 0 Å². The van der Waals surface area contributed by atoms with E-state index in [9.17, 15) is 22.8 Å². The molecule has 0 spiro atoms. The Bertz CT molecular complexity index is 1130. The molecule has 0 atom stereocenters. The number of rotatable bonds is 8. The van der Waals surface area contributed by atoms with Gasteiger partial charge in [0.2, 0.25) is 5.91 Å². The molecule has 0 unspecified atom stereocenters. The Balaban J connectivity index is 1.50. The highest BCUT2D eigenvalue weighted by Gasteiger charge is 2.30.